The summed E-state index contributed by atoms with van der Waals surface area (Å²) in [6.45, 7) is -0.0964. The Bertz CT molecular complexity index is 702. The van der Waals surface area contributed by atoms with E-state index in [9.17, 15) is 9.90 Å². The van der Waals surface area contributed by atoms with Crippen LogP contribution in [0.3, 0.4) is 0 Å². The molecule has 138 valence electrons. The third kappa shape index (κ3) is 5.51. The fourth-order valence-corrected chi connectivity index (χ4v) is 4.59. The number of hydrogen-bond donors (Lipinski definition) is 3. The molecule has 3 N–H and O–H groups in total. The van der Waals surface area contributed by atoms with E-state index in [0.29, 0.717) is 11.7 Å². The molecule has 2 amide bonds. The van der Waals surface area contributed by atoms with E-state index in [2.05, 4.69) is 16.7 Å². The van der Waals surface area contributed by atoms with E-state index in [1.165, 1.54) is 25.7 Å². The van der Waals surface area contributed by atoms with Crippen LogP contribution in [0.15, 0.2) is 59.5 Å². The summed E-state index contributed by atoms with van der Waals surface area (Å²) in [4.78, 5) is 13.5. The van der Waals surface area contributed by atoms with E-state index in [4.69, 9.17) is 0 Å². The highest BCUT2D eigenvalue weighted by Crippen LogP contribution is 2.37. The predicted octanol–water partition coefficient (Wildman–Crippen LogP) is 4.45. The number of hydrogen-bond acceptors (Lipinski definition) is 3. The zero-order valence-electron chi connectivity index (χ0n) is 14.9. The number of aliphatic hydroxyl groups is 1. The molecule has 1 saturated carbocycles. The Kier molecular flexibility index (Phi) is 6.97. The van der Waals surface area contributed by atoms with Gasteiger partial charge >= 0.3 is 6.03 Å². The fraction of sp³-hybridized carbons (Fsp3) is 0.381. The molecule has 0 bridgehead atoms. The molecule has 1 atom stereocenters. The van der Waals surface area contributed by atoms with E-state index >= 15 is 0 Å². The summed E-state index contributed by atoms with van der Waals surface area (Å²) in [5.41, 5.74) is 1.92. The summed E-state index contributed by atoms with van der Waals surface area (Å²) in [6, 6.07) is 17.2. The van der Waals surface area contributed by atoms with Crippen molar-refractivity contribution in [2.75, 3.05) is 11.9 Å². The maximum Gasteiger partial charge on any atom is 0.319 e. The van der Waals surface area contributed by atoms with Crippen LogP contribution >= 0.6 is 11.8 Å². The van der Waals surface area contributed by atoms with Crippen molar-refractivity contribution in [2.24, 2.45) is 0 Å². The van der Waals surface area contributed by atoms with Crippen LogP contribution in [0.25, 0.3) is 0 Å². The highest BCUT2D eigenvalue weighted by molar-refractivity contribution is 8.00. The van der Waals surface area contributed by atoms with Gasteiger partial charge in [-0.15, -0.1) is 11.8 Å². The first-order valence-electron chi connectivity index (χ1n) is 9.22. The topological polar surface area (TPSA) is 61.4 Å². The van der Waals surface area contributed by atoms with Crippen molar-refractivity contribution in [2.45, 2.75) is 48.3 Å². The van der Waals surface area contributed by atoms with Gasteiger partial charge < -0.3 is 15.7 Å². The molecule has 1 unspecified atom stereocenters. The van der Waals surface area contributed by atoms with Crippen molar-refractivity contribution in [3.63, 3.8) is 0 Å². The predicted molar refractivity (Wildman–Crippen MR) is 108 cm³/mol. The number of amides is 2. The molecule has 0 saturated heterocycles. The average Bonchev–Trinajstić information content (AvgIpc) is 3.17. The van der Waals surface area contributed by atoms with Gasteiger partial charge in [0.1, 0.15) is 0 Å². The van der Waals surface area contributed by atoms with E-state index in [-0.39, 0.29) is 18.7 Å². The Morgan fingerprint density at radius 2 is 1.77 bits per heavy atom. The van der Waals surface area contributed by atoms with Crippen LogP contribution in [0.1, 0.15) is 31.2 Å². The van der Waals surface area contributed by atoms with Gasteiger partial charge in [-0.1, -0.05) is 55.3 Å². The molecule has 0 radical (unpaired) electrons. The van der Waals surface area contributed by atoms with Crippen molar-refractivity contribution < 1.29 is 9.90 Å². The largest absolute Gasteiger partial charge is 0.394 e. The van der Waals surface area contributed by atoms with Crippen LogP contribution in [-0.4, -0.2) is 29.0 Å². The number of carbonyl (C=O) groups is 1. The van der Waals surface area contributed by atoms with Crippen LogP contribution in [0.4, 0.5) is 10.5 Å². The van der Waals surface area contributed by atoms with Crippen LogP contribution in [0.5, 0.6) is 0 Å². The zero-order valence-corrected chi connectivity index (χ0v) is 15.7. The van der Waals surface area contributed by atoms with Crippen molar-refractivity contribution in [3.8, 4) is 0 Å². The summed E-state index contributed by atoms with van der Waals surface area (Å²) >= 11 is 1.86. The van der Waals surface area contributed by atoms with Crippen LogP contribution in [0, 0.1) is 0 Å². The fourth-order valence-electron chi connectivity index (χ4n) is 3.26. The minimum absolute atomic E-state index is 0.0964. The zero-order chi connectivity index (χ0) is 18.2. The highest BCUT2D eigenvalue weighted by Gasteiger charge is 2.18. The summed E-state index contributed by atoms with van der Waals surface area (Å²) < 4.78 is 0. The number of para-hydroxylation sites is 1. The number of carbonyl (C=O) groups excluding carboxylic acids is 1. The maximum absolute atomic E-state index is 12.4. The summed E-state index contributed by atoms with van der Waals surface area (Å²) in [5.74, 6) is 0. The van der Waals surface area contributed by atoms with Gasteiger partial charge in [0.25, 0.3) is 0 Å². The quantitative estimate of drug-likeness (QED) is 0.675. The van der Waals surface area contributed by atoms with Gasteiger partial charge in [-0.2, -0.15) is 0 Å². The maximum atomic E-state index is 12.4. The number of benzene rings is 2. The molecule has 0 spiro atoms. The van der Waals surface area contributed by atoms with Gasteiger partial charge in [-0.25, -0.2) is 4.79 Å². The molecule has 0 aliphatic heterocycles. The van der Waals surface area contributed by atoms with Crippen LogP contribution in [-0.2, 0) is 6.42 Å². The van der Waals surface area contributed by atoms with Gasteiger partial charge in [0.15, 0.2) is 0 Å². The summed E-state index contributed by atoms with van der Waals surface area (Å²) in [5, 5.41) is 16.1. The molecule has 26 heavy (non-hydrogen) atoms. The van der Waals surface area contributed by atoms with E-state index in [0.717, 1.165) is 16.1 Å². The van der Waals surface area contributed by atoms with E-state index in [1.54, 1.807) is 0 Å². The molecular formula is C21H26N2O2S. The Morgan fingerprint density at radius 3 is 2.50 bits per heavy atom. The lowest BCUT2D eigenvalue weighted by Crippen LogP contribution is -2.41. The molecule has 1 aliphatic carbocycles. The Balaban J connectivity index is 1.58. The standard InChI is InChI=1S/C21H26N2O2S/c24-15-17(14-16-8-2-1-3-9-16)22-21(25)23-19-12-6-7-13-20(19)26-18-10-4-5-11-18/h1-3,6-9,12-13,17-18,24H,4-5,10-11,14-15H2,(H2,22,23,25). The number of thioether (sulfide) groups is 1. The Labute approximate surface area is 159 Å². The monoisotopic (exact) mass is 370 g/mol. The smallest absolute Gasteiger partial charge is 0.319 e. The third-order valence-electron chi connectivity index (χ3n) is 4.61. The molecular weight excluding hydrogens is 344 g/mol. The number of urea groups is 1. The number of rotatable bonds is 7. The van der Waals surface area contributed by atoms with E-state index < -0.39 is 0 Å². The van der Waals surface area contributed by atoms with Crippen molar-refractivity contribution in [1.29, 1.82) is 0 Å². The van der Waals surface area contributed by atoms with Gasteiger partial charge in [-0.05, 0) is 37.0 Å². The lowest BCUT2D eigenvalue weighted by molar-refractivity contribution is 0.224. The summed E-state index contributed by atoms with van der Waals surface area (Å²) in [6.07, 6.45) is 5.68. The first-order valence-corrected chi connectivity index (χ1v) is 10.1. The first kappa shape index (κ1) is 18.8. The number of nitrogens with one attached hydrogen (secondary N) is 2. The average molecular weight is 371 g/mol. The van der Waals surface area contributed by atoms with Gasteiger partial charge in [-0.3, -0.25) is 0 Å². The van der Waals surface area contributed by atoms with Crippen LogP contribution in [0.2, 0.25) is 0 Å². The minimum Gasteiger partial charge on any atom is -0.394 e. The molecule has 1 fully saturated rings. The first-order chi connectivity index (χ1) is 12.7. The molecule has 4 nitrogen and oxygen atoms in total. The number of anilines is 1. The minimum atomic E-state index is -0.313. The molecule has 1 aliphatic rings. The molecule has 2 aromatic rings. The lowest BCUT2D eigenvalue weighted by Gasteiger charge is -2.18. The SMILES string of the molecule is O=C(Nc1ccccc1SC1CCCC1)NC(CO)Cc1ccccc1. The second kappa shape index (κ2) is 9.64. The molecule has 5 heteroatoms. The van der Waals surface area contributed by atoms with Gasteiger partial charge in [0, 0.05) is 10.1 Å². The van der Waals surface area contributed by atoms with Gasteiger partial charge in [0.2, 0.25) is 0 Å². The van der Waals surface area contributed by atoms with Crippen molar-refractivity contribution >= 4 is 23.5 Å². The van der Waals surface area contributed by atoms with Crippen molar-refractivity contribution in [1.82, 2.24) is 5.32 Å². The van der Waals surface area contributed by atoms with Crippen molar-refractivity contribution in [3.05, 3.63) is 60.2 Å². The Hall–Kier alpha value is -1.98. The molecule has 2 aromatic carbocycles. The van der Waals surface area contributed by atoms with Crippen LogP contribution < -0.4 is 10.6 Å². The normalized spacial score (nSPS) is 15.6. The Morgan fingerprint density at radius 1 is 1.08 bits per heavy atom. The lowest BCUT2D eigenvalue weighted by atomic mass is 10.1. The van der Waals surface area contributed by atoms with Gasteiger partial charge in [0.05, 0.1) is 18.3 Å². The molecule has 0 heterocycles. The summed E-state index contributed by atoms with van der Waals surface area (Å²) in [7, 11) is 0. The number of aliphatic hydroxyl groups excluding tert-OH is 1. The molecule has 3 rings (SSSR count). The van der Waals surface area contributed by atoms with E-state index in [1.807, 2.05) is 60.3 Å². The third-order valence-corrected chi connectivity index (χ3v) is 6.03. The second-order valence-electron chi connectivity index (χ2n) is 6.69. The second-order valence-corrected chi connectivity index (χ2v) is 8.03. The highest BCUT2D eigenvalue weighted by atomic mass is 32.2. The molecule has 0 aromatic heterocycles.